The Morgan fingerprint density at radius 2 is 1.89 bits per heavy atom. The minimum absolute atomic E-state index is 0.190. The predicted molar refractivity (Wildman–Crippen MR) is 104 cm³/mol. The summed E-state index contributed by atoms with van der Waals surface area (Å²) >= 11 is 0. The molecular weight excluding hydrogens is 357 g/mol. The molecule has 1 atom stereocenters. The molecule has 2 N–H and O–H groups in total. The number of likely N-dealkylation sites (tertiary alicyclic amines) is 1. The van der Waals surface area contributed by atoms with E-state index >= 15 is 0 Å². The van der Waals surface area contributed by atoms with Crippen LogP contribution in [0.25, 0.3) is 11.4 Å². The van der Waals surface area contributed by atoms with Crippen LogP contribution in [0, 0.1) is 5.82 Å². The molecule has 0 saturated carbocycles. The molecule has 2 aromatic carbocycles. The zero-order valence-electron chi connectivity index (χ0n) is 15.4. The number of hydrogen-bond acceptors (Lipinski definition) is 4. The summed E-state index contributed by atoms with van der Waals surface area (Å²) in [5, 5.41) is 9.65. The highest BCUT2D eigenvalue weighted by Gasteiger charge is 2.26. The third kappa shape index (κ3) is 3.80. The number of hydrogen-bond donors (Lipinski definition) is 2. The third-order valence-electron chi connectivity index (χ3n) is 5.14. The van der Waals surface area contributed by atoms with Gasteiger partial charge in [0.2, 0.25) is 0 Å². The number of nitrogens with zero attached hydrogens (tertiary/aromatic N) is 3. The van der Waals surface area contributed by atoms with Crippen molar-refractivity contribution in [2.24, 2.45) is 0 Å². The fourth-order valence-corrected chi connectivity index (χ4v) is 3.74. The molecule has 0 bridgehead atoms. The van der Waals surface area contributed by atoms with Gasteiger partial charge in [0.1, 0.15) is 12.1 Å². The first-order chi connectivity index (χ1) is 13.7. The summed E-state index contributed by atoms with van der Waals surface area (Å²) in [6.07, 6.45) is 3.59. The van der Waals surface area contributed by atoms with E-state index in [1.807, 2.05) is 24.3 Å². The van der Waals surface area contributed by atoms with Crippen LogP contribution in [0.4, 0.5) is 4.39 Å². The Hall–Kier alpha value is -3.06. The monoisotopic (exact) mass is 379 g/mol. The topological polar surface area (TPSA) is 73.9 Å². The number of H-pyrrole nitrogens is 1. The highest BCUT2D eigenvalue weighted by Crippen LogP contribution is 2.27. The minimum atomic E-state index is -0.240. The van der Waals surface area contributed by atoms with Gasteiger partial charge in [-0.05, 0) is 38.1 Å². The lowest BCUT2D eigenvalue weighted by Gasteiger charge is -2.28. The van der Waals surface area contributed by atoms with Gasteiger partial charge >= 0.3 is 0 Å². The zero-order chi connectivity index (χ0) is 19.3. The number of nitrogens with one attached hydrogen (secondary N) is 2. The second-order valence-corrected chi connectivity index (χ2v) is 6.87. The lowest BCUT2D eigenvalue weighted by molar-refractivity contribution is 0.0937. The molecule has 1 aromatic heterocycles. The predicted octanol–water partition coefficient (Wildman–Crippen LogP) is 3.18. The van der Waals surface area contributed by atoms with Crippen molar-refractivity contribution in [1.29, 1.82) is 0 Å². The van der Waals surface area contributed by atoms with Crippen molar-refractivity contribution in [3.05, 3.63) is 71.8 Å². The second kappa shape index (κ2) is 8.31. The van der Waals surface area contributed by atoms with Crippen LogP contribution in [0.15, 0.2) is 54.9 Å². The normalized spacial score (nSPS) is 15.5. The number of carbonyl (C=O) groups excluding carboxylic acids is 1. The van der Waals surface area contributed by atoms with Gasteiger partial charge in [0, 0.05) is 17.7 Å². The Kier molecular flexibility index (Phi) is 5.43. The van der Waals surface area contributed by atoms with Crippen molar-refractivity contribution in [1.82, 2.24) is 25.4 Å². The largest absolute Gasteiger partial charge is 0.350 e. The van der Waals surface area contributed by atoms with E-state index in [0.29, 0.717) is 29.1 Å². The lowest BCUT2D eigenvalue weighted by Crippen LogP contribution is -2.37. The van der Waals surface area contributed by atoms with Gasteiger partial charge in [-0.1, -0.05) is 36.4 Å². The standard InChI is InChI=1S/C21H22FN5O/c22-18-10-4-3-9-17(18)19(27-11-5-6-12-27)13-23-21(28)16-8-2-1-7-15(16)20-24-14-25-26-20/h1-4,7-10,14,19H,5-6,11-13H2,(H,23,28)(H,24,25,26)/t19-/m0/s1. The molecule has 7 heteroatoms. The van der Waals surface area contributed by atoms with E-state index in [2.05, 4.69) is 25.4 Å². The first kappa shape index (κ1) is 18.3. The lowest BCUT2D eigenvalue weighted by atomic mass is 10.0. The van der Waals surface area contributed by atoms with Gasteiger partial charge in [-0.2, -0.15) is 5.10 Å². The number of rotatable bonds is 6. The van der Waals surface area contributed by atoms with Crippen LogP contribution in [-0.2, 0) is 0 Å². The van der Waals surface area contributed by atoms with E-state index in [1.54, 1.807) is 18.2 Å². The number of halogens is 1. The molecule has 3 aromatic rings. The maximum atomic E-state index is 14.4. The molecule has 0 radical (unpaired) electrons. The molecule has 28 heavy (non-hydrogen) atoms. The zero-order valence-corrected chi connectivity index (χ0v) is 15.4. The van der Waals surface area contributed by atoms with Crippen molar-refractivity contribution < 1.29 is 9.18 Å². The van der Waals surface area contributed by atoms with Crippen LogP contribution in [-0.4, -0.2) is 45.6 Å². The summed E-state index contributed by atoms with van der Waals surface area (Å²) in [6.45, 7) is 2.15. The third-order valence-corrected chi connectivity index (χ3v) is 5.14. The van der Waals surface area contributed by atoms with Crippen LogP contribution in [0.3, 0.4) is 0 Å². The number of aromatic amines is 1. The van der Waals surface area contributed by atoms with E-state index in [4.69, 9.17) is 0 Å². The van der Waals surface area contributed by atoms with Gasteiger partial charge < -0.3 is 5.32 Å². The maximum Gasteiger partial charge on any atom is 0.252 e. The second-order valence-electron chi connectivity index (χ2n) is 6.87. The summed E-state index contributed by atoms with van der Waals surface area (Å²) in [5.41, 5.74) is 1.81. The summed E-state index contributed by atoms with van der Waals surface area (Å²) < 4.78 is 14.4. The van der Waals surface area contributed by atoms with Gasteiger partial charge in [-0.25, -0.2) is 9.37 Å². The van der Waals surface area contributed by atoms with Crippen LogP contribution in [0.5, 0.6) is 0 Å². The molecule has 4 rings (SSSR count). The van der Waals surface area contributed by atoms with Crippen molar-refractivity contribution in [3.8, 4) is 11.4 Å². The molecule has 1 fully saturated rings. The van der Waals surface area contributed by atoms with Gasteiger partial charge in [0.15, 0.2) is 5.82 Å². The molecule has 2 heterocycles. The smallest absolute Gasteiger partial charge is 0.252 e. The van der Waals surface area contributed by atoms with Crippen LogP contribution in [0.2, 0.25) is 0 Å². The van der Waals surface area contributed by atoms with Crippen LogP contribution < -0.4 is 5.32 Å². The Labute approximate surface area is 162 Å². The highest BCUT2D eigenvalue weighted by molar-refractivity contribution is 6.00. The van der Waals surface area contributed by atoms with Crippen molar-refractivity contribution in [3.63, 3.8) is 0 Å². The van der Waals surface area contributed by atoms with Gasteiger partial charge in [0.25, 0.3) is 5.91 Å². The first-order valence-corrected chi connectivity index (χ1v) is 9.45. The fourth-order valence-electron chi connectivity index (χ4n) is 3.74. The average molecular weight is 379 g/mol. The molecule has 144 valence electrons. The summed E-state index contributed by atoms with van der Waals surface area (Å²) in [7, 11) is 0. The highest BCUT2D eigenvalue weighted by atomic mass is 19.1. The Bertz CT molecular complexity index is 937. The quantitative estimate of drug-likeness (QED) is 0.690. The number of amides is 1. The van der Waals surface area contributed by atoms with Crippen LogP contribution in [0.1, 0.15) is 34.8 Å². The van der Waals surface area contributed by atoms with Gasteiger partial charge in [-0.15, -0.1) is 0 Å². The molecule has 1 aliphatic rings. The van der Waals surface area contributed by atoms with Crippen LogP contribution >= 0.6 is 0 Å². The molecule has 6 nitrogen and oxygen atoms in total. The van der Waals surface area contributed by atoms with Gasteiger partial charge in [0.05, 0.1) is 11.6 Å². The SMILES string of the molecule is O=C(NC[C@@H](c1ccccc1F)N1CCCC1)c1ccccc1-c1ncn[nH]1. The number of aromatic nitrogens is 3. The van der Waals surface area contributed by atoms with Crippen molar-refractivity contribution in [2.75, 3.05) is 19.6 Å². The minimum Gasteiger partial charge on any atom is -0.350 e. The van der Waals surface area contributed by atoms with Crippen molar-refractivity contribution >= 4 is 5.91 Å². The fraction of sp³-hybridized carbons (Fsp3) is 0.286. The Morgan fingerprint density at radius 3 is 2.64 bits per heavy atom. The van der Waals surface area contributed by atoms with Crippen molar-refractivity contribution in [2.45, 2.75) is 18.9 Å². The van der Waals surface area contributed by atoms with E-state index in [9.17, 15) is 9.18 Å². The van der Waals surface area contributed by atoms with E-state index in [1.165, 1.54) is 12.4 Å². The first-order valence-electron chi connectivity index (χ1n) is 9.45. The molecule has 1 aliphatic heterocycles. The molecule has 0 spiro atoms. The number of carbonyl (C=O) groups is 1. The molecule has 0 unspecified atom stereocenters. The molecule has 1 saturated heterocycles. The number of benzene rings is 2. The van der Waals surface area contributed by atoms with E-state index in [0.717, 1.165) is 25.9 Å². The summed E-state index contributed by atoms with van der Waals surface area (Å²) in [5.74, 6) is 0.0826. The summed E-state index contributed by atoms with van der Waals surface area (Å²) in [4.78, 5) is 19.3. The summed E-state index contributed by atoms with van der Waals surface area (Å²) in [6, 6.07) is 13.8. The molecule has 0 aliphatic carbocycles. The maximum absolute atomic E-state index is 14.4. The average Bonchev–Trinajstić information content (AvgIpc) is 3.44. The van der Waals surface area contributed by atoms with E-state index < -0.39 is 0 Å². The molecule has 1 amide bonds. The van der Waals surface area contributed by atoms with E-state index in [-0.39, 0.29) is 17.8 Å². The molecular formula is C21H22FN5O. The van der Waals surface area contributed by atoms with Gasteiger partial charge in [-0.3, -0.25) is 14.8 Å². The Balaban J connectivity index is 1.55. The Morgan fingerprint density at radius 1 is 1.14 bits per heavy atom.